The van der Waals surface area contributed by atoms with Crippen molar-refractivity contribution in [1.29, 1.82) is 0 Å². The third-order valence-corrected chi connectivity index (χ3v) is 3.06. The van der Waals surface area contributed by atoms with Gasteiger partial charge in [0.05, 0.1) is 18.4 Å². The van der Waals surface area contributed by atoms with Crippen LogP contribution in [0.3, 0.4) is 0 Å². The number of carbonyl (C=O) groups is 1. The molecule has 2 aromatic rings. The van der Waals surface area contributed by atoms with E-state index in [0.29, 0.717) is 18.3 Å². The second kappa shape index (κ2) is 4.74. The Hall–Kier alpha value is -1.94. The van der Waals surface area contributed by atoms with E-state index in [-0.39, 0.29) is 5.78 Å². The molecule has 1 fully saturated rings. The molecule has 1 aromatic heterocycles. The molecule has 0 atom stereocenters. The van der Waals surface area contributed by atoms with Crippen molar-refractivity contribution in [2.24, 2.45) is 0 Å². The van der Waals surface area contributed by atoms with Gasteiger partial charge < -0.3 is 5.32 Å². The fourth-order valence-corrected chi connectivity index (χ4v) is 1.90. The van der Waals surface area contributed by atoms with Gasteiger partial charge in [-0.2, -0.15) is 5.10 Å². The van der Waals surface area contributed by atoms with E-state index in [1.165, 1.54) is 12.8 Å². The number of para-hydroxylation sites is 1. The molecule has 92 valence electrons. The van der Waals surface area contributed by atoms with Crippen molar-refractivity contribution in [1.82, 2.24) is 15.1 Å². The molecule has 4 nitrogen and oxygen atoms in total. The summed E-state index contributed by atoms with van der Waals surface area (Å²) in [5.41, 5.74) is 1.55. The average molecular weight is 241 g/mol. The van der Waals surface area contributed by atoms with E-state index >= 15 is 0 Å². The Morgan fingerprint density at radius 3 is 2.78 bits per heavy atom. The molecule has 0 bridgehead atoms. The van der Waals surface area contributed by atoms with Gasteiger partial charge in [-0.05, 0) is 31.0 Å². The van der Waals surface area contributed by atoms with Gasteiger partial charge in [-0.1, -0.05) is 18.2 Å². The summed E-state index contributed by atoms with van der Waals surface area (Å²) in [5, 5.41) is 7.45. The first-order chi connectivity index (χ1) is 8.84. The van der Waals surface area contributed by atoms with Crippen molar-refractivity contribution in [2.45, 2.75) is 18.9 Å². The average Bonchev–Trinajstić information content (AvgIpc) is 3.11. The molecule has 0 aliphatic heterocycles. The molecule has 18 heavy (non-hydrogen) atoms. The van der Waals surface area contributed by atoms with Gasteiger partial charge in [0.1, 0.15) is 5.69 Å². The largest absolute Gasteiger partial charge is 0.307 e. The van der Waals surface area contributed by atoms with Gasteiger partial charge in [-0.15, -0.1) is 0 Å². The van der Waals surface area contributed by atoms with Crippen molar-refractivity contribution in [3.8, 4) is 5.69 Å². The van der Waals surface area contributed by atoms with Gasteiger partial charge >= 0.3 is 0 Å². The van der Waals surface area contributed by atoms with Crippen LogP contribution in [0.1, 0.15) is 23.3 Å². The highest BCUT2D eigenvalue weighted by molar-refractivity contribution is 5.96. The second-order valence-corrected chi connectivity index (χ2v) is 4.54. The molecule has 0 radical (unpaired) electrons. The first-order valence-corrected chi connectivity index (χ1v) is 6.20. The van der Waals surface area contributed by atoms with Crippen LogP contribution in [0.2, 0.25) is 0 Å². The van der Waals surface area contributed by atoms with E-state index in [1.807, 2.05) is 30.3 Å². The predicted octanol–water partition coefficient (Wildman–Crippen LogP) is 1.81. The molecular weight excluding hydrogens is 226 g/mol. The number of nitrogens with zero attached hydrogens (tertiary/aromatic N) is 2. The van der Waals surface area contributed by atoms with Gasteiger partial charge in [-0.3, -0.25) is 4.79 Å². The van der Waals surface area contributed by atoms with Crippen LogP contribution >= 0.6 is 0 Å². The number of nitrogens with one attached hydrogen (secondary N) is 1. The Balaban J connectivity index is 1.80. The van der Waals surface area contributed by atoms with Crippen LogP contribution in [0.25, 0.3) is 5.69 Å². The topological polar surface area (TPSA) is 46.9 Å². The standard InChI is InChI=1S/C14H15N3O/c18-14(10-15-11-6-7-11)13-8-9-16-17(13)12-4-2-1-3-5-12/h1-5,8-9,11,15H,6-7,10H2. The van der Waals surface area contributed by atoms with Crippen LogP contribution in [-0.2, 0) is 0 Å². The molecule has 1 saturated carbocycles. The number of benzene rings is 1. The minimum Gasteiger partial charge on any atom is -0.307 e. The van der Waals surface area contributed by atoms with Crippen LogP contribution in [0.15, 0.2) is 42.6 Å². The minimum absolute atomic E-state index is 0.0863. The highest BCUT2D eigenvalue weighted by Crippen LogP contribution is 2.18. The minimum atomic E-state index is 0.0863. The first kappa shape index (κ1) is 11.2. The Morgan fingerprint density at radius 2 is 2.06 bits per heavy atom. The molecule has 1 aliphatic rings. The van der Waals surface area contributed by atoms with Crippen molar-refractivity contribution < 1.29 is 4.79 Å². The van der Waals surface area contributed by atoms with E-state index in [0.717, 1.165) is 5.69 Å². The van der Waals surface area contributed by atoms with Crippen molar-refractivity contribution in [3.05, 3.63) is 48.3 Å². The zero-order valence-electron chi connectivity index (χ0n) is 10.0. The number of hydrogen-bond acceptors (Lipinski definition) is 3. The zero-order chi connectivity index (χ0) is 12.4. The maximum atomic E-state index is 12.1. The molecule has 3 rings (SSSR count). The van der Waals surface area contributed by atoms with Crippen LogP contribution in [0.4, 0.5) is 0 Å². The lowest BCUT2D eigenvalue weighted by atomic mass is 10.2. The van der Waals surface area contributed by atoms with E-state index in [9.17, 15) is 4.79 Å². The van der Waals surface area contributed by atoms with Crippen molar-refractivity contribution in [3.63, 3.8) is 0 Å². The Morgan fingerprint density at radius 1 is 1.28 bits per heavy atom. The number of rotatable bonds is 5. The Labute approximate surface area is 106 Å². The third kappa shape index (κ3) is 2.33. The fraction of sp³-hybridized carbons (Fsp3) is 0.286. The van der Waals surface area contributed by atoms with E-state index in [2.05, 4.69) is 10.4 Å². The van der Waals surface area contributed by atoms with Crippen LogP contribution in [0, 0.1) is 0 Å². The van der Waals surface area contributed by atoms with Crippen molar-refractivity contribution in [2.75, 3.05) is 6.54 Å². The summed E-state index contributed by atoms with van der Waals surface area (Å²) in [6.45, 7) is 0.392. The number of Topliss-reactive ketones (excluding diaryl/α,β-unsaturated/α-hetero) is 1. The molecule has 0 spiro atoms. The lowest BCUT2D eigenvalue weighted by Gasteiger charge is -2.07. The molecular formula is C14H15N3O. The smallest absolute Gasteiger partial charge is 0.195 e. The fourth-order valence-electron chi connectivity index (χ4n) is 1.90. The lowest BCUT2D eigenvalue weighted by Crippen LogP contribution is -2.26. The van der Waals surface area contributed by atoms with Crippen molar-refractivity contribution >= 4 is 5.78 Å². The first-order valence-electron chi connectivity index (χ1n) is 6.20. The summed E-state index contributed by atoms with van der Waals surface area (Å²) in [5.74, 6) is 0.0863. The maximum Gasteiger partial charge on any atom is 0.195 e. The van der Waals surface area contributed by atoms with E-state index in [1.54, 1.807) is 16.9 Å². The summed E-state index contributed by atoms with van der Waals surface area (Å²) < 4.78 is 1.69. The SMILES string of the molecule is O=C(CNC1CC1)c1ccnn1-c1ccccc1. The number of carbonyl (C=O) groups excluding carboxylic acids is 1. The summed E-state index contributed by atoms with van der Waals surface area (Å²) in [6.07, 6.45) is 4.04. The summed E-state index contributed by atoms with van der Waals surface area (Å²) in [7, 11) is 0. The third-order valence-electron chi connectivity index (χ3n) is 3.06. The van der Waals surface area contributed by atoms with Crippen LogP contribution < -0.4 is 5.32 Å². The molecule has 1 aliphatic carbocycles. The van der Waals surface area contributed by atoms with Gasteiger partial charge in [0, 0.05) is 6.04 Å². The predicted molar refractivity (Wildman–Crippen MR) is 68.9 cm³/mol. The normalized spacial score (nSPS) is 14.7. The van der Waals surface area contributed by atoms with E-state index < -0.39 is 0 Å². The van der Waals surface area contributed by atoms with Gasteiger partial charge in [-0.25, -0.2) is 4.68 Å². The second-order valence-electron chi connectivity index (χ2n) is 4.54. The quantitative estimate of drug-likeness (QED) is 0.812. The Kier molecular flexibility index (Phi) is 2.94. The maximum absolute atomic E-state index is 12.1. The van der Waals surface area contributed by atoms with Crippen LogP contribution in [-0.4, -0.2) is 28.2 Å². The number of aromatic nitrogens is 2. The summed E-state index contributed by atoms with van der Waals surface area (Å²) >= 11 is 0. The van der Waals surface area contributed by atoms with Gasteiger partial charge in [0.2, 0.25) is 0 Å². The molecule has 0 unspecified atom stereocenters. The van der Waals surface area contributed by atoms with E-state index in [4.69, 9.17) is 0 Å². The van der Waals surface area contributed by atoms with Gasteiger partial charge in [0.15, 0.2) is 5.78 Å². The lowest BCUT2D eigenvalue weighted by molar-refractivity contribution is 0.0983. The number of ketones is 1. The highest BCUT2D eigenvalue weighted by Gasteiger charge is 2.22. The molecule has 1 heterocycles. The van der Waals surface area contributed by atoms with Crippen LogP contribution in [0.5, 0.6) is 0 Å². The highest BCUT2D eigenvalue weighted by atomic mass is 16.1. The Bertz CT molecular complexity index is 543. The zero-order valence-corrected chi connectivity index (χ0v) is 10.0. The monoisotopic (exact) mass is 241 g/mol. The number of hydrogen-bond donors (Lipinski definition) is 1. The molecule has 1 N–H and O–H groups in total. The molecule has 0 amide bonds. The molecule has 4 heteroatoms. The summed E-state index contributed by atoms with van der Waals surface area (Å²) in [6, 6.07) is 12.0. The molecule has 1 aromatic carbocycles. The summed E-state index contributed by atoms with van der Waals surface area (Å²) in [4.78, 5) is 12.1. The molecule has 0 saturated heterocycles. The van der Waals surface area contributed by atoms with Gasteiger partial charge in [0.25, 0.3) is 0 Å².